The van der Waals surface area contributed by atoms with Crippen LogP contribution in [0, 0.1) is 0 Å². The van der Waals surface area contributed by atoms with Crippen LogP contribution in [-0.2, 0) is 0 Å². The molecule has 0 bridgehead atoms. The van der Waals surface area contributed by atoms with E-state index in [9.17, 15) is 0 Å². The summed E-state index contributed by atoms with van der Waals surface area (Å²) < 4.78 is 0. The molecule has 0 aromatic carbocycles. The molecule has 98 valence electrons. The van der Waals surface area contributed by atoms with Crippen LogP contribution in [0.15, 0.2) is 46.6 Å². The van der Waals surface area contributed by atoms with Gasteiger partial charge >= 0.3 is 0 Å². The van der Waals surface area contributed by atoms with Crippen molar-refractivity contribution in [2.75, 3.05) is 0 Å². The van der Waals surface area contributed by atoms with Crippen LogP contribution in [-0.4, -0.2) is 0 Å². The van der Waals surface area contributed by atoms with Crippen molar-refractivity contribution in [1.82, 2.24) is 0 Å². The van der Waals surface area contributed by atoms with Crippen molar-refractivity contribution in [2.24, 2.45) is 0 Å². The molecule has 2 aliphatic rings. The molecule has 0 heterocycles. The average molecular weight is 242 g/mol. The SMILES string of the molecule is CC(C)=CCCC1=CCC(C2=CCCCC2)=CC1. The first-order valence-corrected chi connectivity index (χ1v) is 7.45. The third kappa shape index (κ3) is 4.01. The summed E-state index contributed by atoms with van der Waals surface area (Å²) in [5, 5.41) is 0. The van der Waals surface area contributed by atoms with Crippen molar-refractivity contribution in [3.63, 3.8) is 0 Å². The lowest BCUT2D eigenvalue weighted by molar-refractivity contribution is 0.701. The zero-order chi connectivity index (χ0) is 12.8. The van der Waals surface area contributed by atoms with Gasteiger partial charge in [0.15, 0.2) is 0 Å². The fraction of sp³-hybridized carbons (Fsp3) is 0.556. The van der Waals surface area contributed by atoms with Crippen molar-refractivity contribution in [3.05, 3.63) is 46.6 Å². The third-order valence-corrected chi connectivity index (χ3v) is 3.94. The maximum Gasteiger partial charge on any atom is -0.00951 e. The average Bonchev–Trinajstić information content (AvgIpc) is 2.40. The Kier molecular flexibility index (Phi) is 5.04. The molecule has 2 rings (SSSR count). The van der Waals surface area contributed by atoms with Crippen LogP contribution in [0.25, 0.3) is 0 Å². The van der Waals surface area contributed by atoms with E-state index in [1.54, 1.807) is 16.7 Å². The molecular formula is C18H26. The first kappa shape index (κ1) is 13.4. The second-order valence-corrected chi connectivity index (χ2v) is 5.80. The van der Waals surface area contributed by atoms with Crippen molar-refractivity contribution in [3.8, 4) is 0 Å². The van der Waals surface area contributed by atoms with Gasteiger partial charge in [-0.2, -0.15) is 0 Å². The monoisotopic (exact) mass is 242 g/mol. The van der Waals surface area contributed by atoms with E-state index in [4.69, 9.17) is 0 Å². The number of hydrogen-bond acceptors (Lipinski definition) is 0. The molecule has 18 heavy (non-hydrogen) atoms. The standard InChI is InChI=1S/C18H26/c1-15(2)7-6-8-16-11-13-18(14-12-16)17-9-4-3-5-10-17/h7,9,11,14H,3-6,8,10,12-13H2,1-2H3. The quantitative estimate of drug-likeness (QED) is 0.540. The maximum atomic E-state index is 2.48. The van der Waals surface area contributed by atoms with Gasteiger partial charge < -0.3 is 0 Å². The summed E-state index contributed by atoms with van der Waals surface area (Å²) >= 11 is 0. The highest BCUT2D eigenvalue weighted by atomic mass is 14.2. The van der Waals surface area contributed by atoms with Gasteiger partial charge in [0, 0.05) is 0 Å². The van der Waals surface area contributed by atoms with Gasteiger partial charge in [-0.1, -0.05) is 35.5 Å². The molecule has 0 heteroatoms. The second kappa shape index (κ2) is 6.78. The minimum Gasteiger partial charge on any atom is -0.0856 e. The molecule has 0 radical (unpaired) electrons. The predicted octanol–water partition coefficient (Wildman–Crippen LogP) is 5.88. The Morgan fingerprint density at radius 1 is 1.06 bits per heavy atom. The van der Waals surface area contributed by atoms with Crippen LogP contribution in [0.5, 0.6) is 0 Å². The molecule has 0 aliphatic heterocycles. The highest BCUT2D eigenvalue weighted by Crippen LogP contribution is 2.31. The van der Waals surface area contributed by atoms with Gasteiger partial charge in [0.1, 0.15) is 0 Å². The van der Waals surface area contributed by atoms with Gasteiger partial charge in [-0.05, 0) is 76.4 Å². The summed E-state index contributed by atoms with van der Waals surface area (Å²) in [7, 11) is 0. The largest absolute Gasteiger partial charge is 0.0856 e. The van der Waals surface area contributed by atoms with Gasteiger partial charge in [0.05, 0.1) is 0 Å². The lowest BCUT2D eigenvalue weighted by Gasteiger charge is -2.19. The molecule has 0 aromatic heterocycles. The zero-order valence-electron chi connectivity index (χ0n) is 12.0. The molecule has 2 aliphatic carbocycles. The first-order chi connectivity index (χ1) is 8.75. The van der Waals surface area contributed by atoms with Crippen molar-refractivity contribution < 1.29 is 0 Å². The van der Waals surface area contributed by atoms with Crippen molar-refractivity contribution in [1.29, 1.82) is 0 Å². The van der Waals surface area contributed by atoms with Gasteiger partial charge in [-0.15, -0.1) is 0 Å². The first-order valence-electron chi connectivity index (χ1n) is 7.45. The smallest absolute Gasteiger partial charge is 0.00951 e. The normalized spacial score (nSPS) is 19.8. The van der Waals surface area contributed by atoms with E-state index in [-0.39, 0.29) is 0 Å². The maximum absolute atomic E-state index is 2.48. The van der Waals surface area contributed by atoms with Crippen molar-refractivity contribution in [2.45, 2.75) is 65.2 Å². The molecule has 0 amide bonds. The summed E-state index contributed by atoms with van der Waals surface area (Å²) in [6.07, 6.45) is 20.0. The topological polar surface area (TPSA) is 0 Å². The molecule has 0 saturated carbocycles. The molecule has 0 aromatic rings. The van der Waals surface area contributed by atoms with Crippen LogP contribution in [0.4, 0.5) is 0 Å². The molecular weight excluding hydrogens is 216 g/mol. The van der Waals surface area contributed by atoms with Crippen LogP contribution in [0.2, 0.25) is 0 Å². The van der Waals surface area contributed by atoms with Gasteiger partial charge in [-0.3, -0.25) is 0 Å². The number of hydrogen-bond donors (Lipinski definition) is 0. The van der Waals surface area contributed by atoms with Crippen LogP contribution in [0.3, 0.4) is 0 Å². The lowest BCUT2D eigenvalue weighted by Crippen LogP contribution is -1.99. The number of rotatable bonds is 4. The third-order valence-electron chi connectivity index (χ3n) is 3.94. The summed E-state index contributed by atoms with van der Waals surface area (Å²) in [6.45, 7) is 4.37. The molecule has 0 atom stereocenters. The fourth-order valence-corrected chi connectivity index (χ4v) is 2.82. The Morgan fingerprint density at radius 2 is 1.94 bits per heavy atom. The molecule has 0 saturated heterocycles. The van der Waals surface area contributed by atoms with E-state index in [0.717, 1.165) is 0 Å². The van der Waals surface area contributed by atoms with E-state index in [1.165, 1.54) is 56.9 Å². The van der Waals surface area contributed by atoms with E-state index in [2.05, 4.69) is 38.2 Å². The summed E-state index contributed by atoms with van der Waals surface area (Å²) in [5.41, 5.74) is 6.32. The summed E-state index contributed by atoms with van der Waals surface area (Å²) in [4.78, 5) is 0. The molecule has 0 nitrogen and oxygen atoms in total. The Balaban J connectivity index is 1.83. The minimum absolute atomic E-state index is 1.18. The highest BCUT2D eigenvalue weighted by molar-refractivity contribution is 5.37. The molecule has 0 fully saturated rings. The fourth-order valence-electron chi connectivity index (χ4n) is 2.82. The van der Waals surface area contributed by atoms with E-state index in [0.29, 0.717) is 0 Å². The Hall–Kier alpha value is -1.04. The Bertz CT molecular complexity index is 398. The van der Waals surface area contributed by atoms with Crippen LogP contribution < -0.4 is 0 Å². The van der Waals surface area contributed by atoms with E-state index >= 15 is 0 Å². The van der Waals surface area contributed by atoms with Crippen molar-refractivity contribution >= 4 is 0 Å². The summed E-state index contributed by atoms with van der Waals surface area (Å²) in [5.74, 6) is 0. The Morgan fingerprint density at radius 3 is 2.56 bits per heavy atom. The van der Waals surface area contributed by atoms with Gasteiger partial charge in [0.25, 0.3) is 0 Å². The van der Waals surface area contributed by atoms with Crippen LogP contribution >= 0.6 is 0 Å². The molecule has 0 unspecified atom stereocenters. The summed E-state index contributed by atoms with van der Waals surface area (Å²) in [6, 6.07) is 0. The van der Waals surface area contributed by atoms with E-state index in [1.807, 2.05) is 0 Å². The van der Waals surface area contributed by atoms with Gasteiger partial charge in [0.2, 0.25) is 0 Å². The predicted molar refractivity (Wildman–Crippen MR) is 80.6 cm³/mol. The lowest BCUT2D eigenvalue weighted by atomic mass is 9.87. The van der Waals surface area contributed by atoms with Gasteiger partial charge in [-0.25, -0.2) is 0 Å². The minimum atomic E-state index is 1.18. The Labute approximate surface area is 112 Å². The molecule has 0 spiro atoms. The molecule has 0 N–H and O–H groups in total. The highest BCUT2D eigenvalue weighted by Gasteiger charge is 2.11. The van der Waals surface area contributed by atoms with E-state index < -0.39 is 0 Å². The number of allylic oxidation sites excluding steroid dienone is 8. The van der Waals surface area contributed by atoms with Crippen LogP contribution in [0.1, 0.15) is 65.2 Å². The zero-order valence-corrected chi connectivity index (χ0v) is 12.0. The second-order valence-electron chi connectivity index (χ2n) is 5.80.